The Balaban J connectivity index is 1.52. The first-order valence-corrected chi connectivity index (χ1v) is 15.3. The number of pyridine rings is 1. The molecule has 9 heteroatoms. The maximum absolute atomic E-state index is 13.4. The third kappa shape index (κ3) is 7.60. The Bertz CT molecular complexity index is 1240. The lowest BCUT2D eigenvalue weighted by Crippen LogP contribution is -2.43. The first-order valence-electron chi connectivity index (χ1n) is 14.5. The van der Waals surface area contributed by atoms with Crippen molar-refractivity contribution in [2.24, 2.45) is 5.41 Å². The standard InChI is InChI=1S/C32H44BrN3O5/c1-21(2)40-29(37)28(41-31(5,6)7)25-22(3)34-23(4)26(33)27(25)35-16-13-32(14-17-35)15-18-36(20-32)30(38)39-19-24-11-9-8-10-12-24/h8-12,21,28H,13-20H2,1-7H3/t28-/m0/s1. The number of likely N-dealkylation sites (tertiary alicyclic amines) is 1. The summed E-state index contributed by atoms with van der Waals surface area (Å²) in [6.45, 7) is 16.7. The summed E-state index contributed by atoms with van der Waals surface area (Å²) < 4.78 is 18.5. The van der Waals surface area contributed by atoms with Crippen molar-refractivity contribution in [1.29, 1.82) is 0 Å². The molecule has 1 aromatic carbocycles. The number of rotatable bonds is 7. The number of halogens is 1. The third-order valence-corrected chi connectivity index (χ3v) is 8.80. The summed E-state index contributed by atoms with van der Waals surface area (Å²) >= 11 is 3.81. The first kappa shape index (κ1) is 31.3. The maximum Gasteiger partial charge on any atom is 0.410 e. The fraction of sp³-hybridized carbons (Fsp3) is 0.594. The largest absolute Gasteiger partial charge is 0.461 e. The number of piperidine rings is 1. The molecule has 0 bridgehead atoms. The van der Waals surface area contributed by atoms with Gasteiger partial charge < -0.3 is 24.0 Å². The minimum Gasteiger partial charge on any atom is -0.461 e. The van der Waals surface area contributed by atoms with Gasteiger partial charge in [0, 0.05) is 37.4 Å². The number of amides is 1. The molecule has 1 spiro atoms. The summed E-state index contributed by atoms with van der Waals surface area (Å²) in [4.78, 5) is 35.2. The molecule has 0 aliphatic carbocycles. The minimum absolute atomic E-state index is 0.0594. The van der Waals surface area contributed by atoms with Crippen LogP contribution in [-0.2, 0) is 25.6 Å². The lowest BCUT2D eigenvalue weighted by atomic mass is 9.77. The van der Waals surface area contributed by atoms with Gasteiger partial charge in [0.2, 0.25) is 0 Å². The number of esters is 1. The van der Waals surface area contributed by atoms with Gasteiger partial charge >= 0.3 is 12.1 Å². The van der Waals surface area contributed by atoms with Gasteiger partial charge in [-0.2, -0.15) is 0 Å². The van der Waals surface area contributed by atoms with Crippen molar-refractivity contribution in [3.8, 4) is 0 Å². The molecule has 2 saturated heterocycles. The Morgan fingerprint density at radius 2 is 1.66 bits per heavy atom. The van der Waals surface area contributed by atoms with E-state index in [4.69, 9.17) is 19.2 Å². The molecule has 0 N–H and O–H groups in total. The average molecular weight is 631 g/mol. The molecule has 224 valence electrons. The van der Waals surface area contributed by atoms with Gasteiger partial charge in [-0.25, -0.2) is 9.59 Å². The zero-order valence-corrected chi connectivity index (χ0v) is 27.0. The van der Waals surface area contributed by atoms with Crippen molar-refractivity contribution in [1.82, 2.24) is 9.88 Å². The van der Waals surface area contributed by atoms with Gasteiger partial charge in [-0.05, 0) is 94.6 Å². The average Bonchev–Trinajstić information content (AvgIpc) is 3.32. The number of hydrogen-bond acceptors (Lipinski definition) is 7. The lowest BCUT2D eigenvalue weighted by Gasteiger charge is -2.42. The van der Waals surface area contributed by atoms with Crippen LogP contribution >= 0.6 is 15.9 Å². The van der Waals surface area contributed by atoms with Crippen LogP contribution < -0.4 is 4.90 Å². The van der Waals surface area contributed by atoms with Crippen LogP contribution in [0.5, 0.6) is 0 Å². The molecule has 0 unspecified atom stereocenters. The summed E-state index contributed by atoms with van der Waals surface area (Å²) in [5.74, 6) is -0.411. The summed E-state index contributed by atoms with van der Waals surface area (Å²) in [5.41, 5.74) is 3.78. The molecule has 2 fully saturated rings. The van der Waals surface area contributed by atoms with Crippen LogP contribution in [0.3, 0.4) is 0 Å². The predicted molar refractivity (Wildman–Crippen MR) is 163 cm³/mol. The molecule has 2 aliphatic heterocycles. The van der Waals surface area contributed by atoms with E-state index in [2.05, 4.69) is 20.8 Å². The Morgan fingerprint density at radius 1 is 1.02 bits per heavy atom. The maximum atomic E-state index is 13.4. The highest BCUT2D eigenvalue weighted by Crippen LogP contribution is 2.46. The number of carbonyl (C=O) groups excluding carboxylic acids is 2. The molecule has 2 aromatic rings. The second-order valence-corrected chi connectivity index (χ2v) is 13.4. The van der Waals surface area contributed by atoms with Crippen LogP contribution in [0.4, 0.5) is 10.5 Å². The second kappa shape index (κ2) is 12.7. The molecule has 0 saturated carbocycles. The molecule has 0 radical (unpaired) electrons. The smallest absolute Gasteiger partial charge is 0.410 e. The highest BCUT2D eigenvalue weighted by Gasteiger charge is 2.44. The van der Waals surface area contributed by atoms with E-state index in [1.807, 2.05) is 83.7 Å². The summed E-state index contributed by atoms with van der Waals surface area (Å²) in [6.07, 6.45) is 1.41. The number of aryl methyl sites for hydroxylation is 2. The molecule has 1 atom stereocenters. The number of nitrogens with zero attached hydrogens (tertiary/aromatic N) is 3. The molecule has 2 aliphatic rings. The number of ether oxygens (including phenoxy) is 3. The zero-order chi connectivity index (χ0) is 29.9. The Hall–Kier alpha value is -2.65. The zero-order valence-electron chi connectivity index (χ0n) is 25.5. The van der Waals surface area contributed by atoms with Gasteiger partial charge in [0.15, 0.2) is 6.10 Å². The van der Waals surface area contributed by atoms with Crippen LogP contribution in [0.25, 0.3) is 0 Å². The molecular formula is C32H44BrN3O5. The fourth-order valence-electron chi connectivity index (χ4n) is 5.83. The van der Waals surface area contributed by atoms with E-state index >= 15 is 0 Å². The number of carbonyl (C=O) groups is 2. The molecular weight excluding hydrogens is 586 g/mol. The number of anilines is 1. The highest BCUT2D eigenvalue weighted by atomic mass is 79.9. The van der Waals surface area contributed by atoms with Gasteiger partial charge in [0.25, 0.3) is 0 Å². The molecule has 1 amide bonds. The van der Waals surface area contributed by atoms with Crippen molar-refractivity contribution in [2.75, 3.05) is 31.1 Å². The lowest BCUT2D eigenvalue weighted by molar-refractivity contribution is -0.171. The van der Waals surface area contributed by atoms with E-state index in [1.165, 1.54) is 0 Å². The summed E-state index contributed by atoms with van der Waals surface area (Å²) in [7, 11) is 0. The highest BCUT2D eigenvalue weighted by molar-refractivity contribution is 9.10. The Kier molecular flexibility index (Phi) is 9.69. The van der Waals surface area contributed by atoms with E-state index in [1.54, 1.807) is 0 Å². The van der Waals surface area contributed by atoms with Crippen LogP contribution in [-0.4, -0.2) is 59.8 Å². The topological polar surface area (TPSA) is 81.2 Å². The normalized spacial score (nSPS) is 17.7. The third-order valence-electron chi connectivity index (χ3n) is 7.85. The van der Waals surface area contributed by atoms with Crippen LogP contribution in [0.2, 0.25) is 0 Å². The fourth-order valence-corrected chi connectivity index (χ4v) is 6.38. The van der Waals surface area contributed by atoms with Gasteiger partial charge in [-0.1, -0.05) is 30.3 Å². The number of hydrogen-bond donors (Lipinski definition) is 0. The van der Waals surface area contributed by atoms with Gasteiger partial charge in [0.05, 0.1) is 27.6 Å². The van der Waals surface area contributed by atoms with Gasteiger partial charge in [-0.3, -0.25) is 4.98 Å². The van der Waals surface area contributed by atoms with Crippen molar-refractivity contribution >= 4 is 33.7 Å². The second-order valence-electron chi connectivity index (χ2n) is 12.7. The van der Waals surface area contributed by atoms with Gasteiger partial charge in [-0.15, -0.1) is 0 Å². The summed E-state index contributed by atoms with van der Waals surface area (Å²) in [5, 5.41) is 0. The predicted octanol–water partition coefficient (Wildman–Crippen LogP) is 6.90. The Labute approximate surface area is 252 Å². The van der Waals surface area contributed by atoms with E-state index in [0.29, 0.717) is 13.1 Å². The molecule has 8 nitrogen and oxygen atoms in total. The van der Waals surface area contributed by atoms with Crippen molar-refractivity contribution in [3.05, 3.63) is 57.3 Å². The SMILES string of the molecule is Cc1nc(C)c([C@H](OC(C)(C)C)C(=O)OC(C)C)c(N2CCC3(CCN(C(=O)OCc4ccccc4)C3)CC2)c1Br. The van der Waals surface area contributed by atoms with Crippen molar-refractivity contribution in [3.63, 3.8) is 0 Å². The number of benzene rings is 1. The van der Waals surface area contributed by atoms with Crippen LogP contribution in [0.15, 0.2) is 34.8 Å². The van der Waals surface area contributed by atoms with E-state index < -0.39 is 17.7 Å². The van der Waals surface area contributed by atoms with Crippen LogP contribution in [0.1, 0.15) is 82.5 Å². The van der Waals surface area contributed by atoms with Crippen molar-refractivity contribution < 1.29 is 23.8 Å². The quantitative estimate of drug-likeness (QED) is 0.308. The Morgan fingerprint density at radius 3 is 2.27 bits per heavy atom. The summed E-state index contributed by atoms with van der Waals surface area (Å²) in [6, 6.07) is 9.77. The van der Waals surface area contributed by atoms with Crippen LogP contribution in [0, 0.1) is 19.3 Å². The van der Waals surface area contributed by atoms with E-state index in [0.717, 1.165) is 65.0 Å². The van der Waals surface area contributed by atoms with Crippen molar-refractivity contribution in [2.45, 2.75) is 92.1 Å². The molecule has 4 rings (SSSR count). The minimum atomic E-state index is -0.908. The molecule has 1 aromatic heterocycles. The van der Waals surface area contributed by atoms with Gasteiger partial charge in [0.1, 0.15) is 6.61 Å². The monoisotopic (exact) mass is 629 g/mol. The molecule has 3 heterocycles. The van der Waals surface area contributed by atoms with E-state index in [9.17, 15) is 9.59 Å². The number of aromatic nitrogens is 1. The first-order chi connectivity index (χ1) is 19.3. The van der Waals surface area contributed by atoms with E-state index in [-0.39, 0.29) is 24.2 Å². The molecule has 41 heavy (non-hydrogen) atoms.